The summed E-state index contributed by atoms with van der Waals surface area (Å²) in [7, 11) is 1.90. The highest BCUT2D eigenvalue weighted by Crippen LogP contribution is 2.27. The Hall–Kier alpha value is -0.0900. The summed E-state index contributed by atoms with van der Waals surface area (Å²) < 4.78 is 0.811. The molecule has 1 aromatic rings. The van der Waals surface area contributed by atoms with Crippen LogP contribution < -0.4 is 11.1 Å². The Bertz CT molecular complexity index is 247. The van der Waals surface area contributed by atoms with Crippen molar-refractivity contribution in [2.24, 2.45) is 5.73 Å². The molecule has 0 radical (unpaired) electrons. The van der Waals surface area contributed by atoms with E-state index in [1.807, 2.05) is 26.1 Å². The van der Waals surface area contributed by atoms with Gasteiger partial charge in [0.25, 0.3) is 0 Å². The number of hydrogen-bond donors (Lipinski definition) is 2. The average molecular weight is 205 g/mol. The van der Waals surface area contributed by atoms with E-state index >= 15 is 0 Å². The molecular formula is C8H13ClN2S. The molecule has 3 N–H and O–H groups in total. The molecule has 12 heavy (non-hydrogen) atoms. The monoisotopic (exact) mass is 204 g/mol. The lowest BCUT2D eigenvalue weighted by molar-refractivity contribution is 0.511. The summed E-state index contributed by atoms with van der Waals surface area (Å²) in [4.78, 5) is 1.19. The molecule has 4 heteroatoms. The van der Waals surface area contributed by atoms with Gasteiger partial charge in [-0.15, -0.1) is 11.3 Å². The number of hydrogen-bond acceptors (Lipinski definition) is 3. The Morgan fingerprint density at radius 3 is 2.58 bits per heavy atom. The van der Waals surface area contributed by atoms with E-state index in [1.165, 1.54) is 4.88 Å². The fraction of sp³-hybridized carbons (Fsp3) is 0.500. The van der Waals surface area contributed by atoms with Crippen molar-refractivity contribution < 1.29 is 0 Å². The lowest BCUT2D eigenvalue weighted by Crippen LogP contribution is -2.32. The van der Waals surface area contributed by atoms with E-state index in [0.29, 0.717) is 0 Å². The summed E-state index contributed by atoms with van der Waals surface area (Å²) in [6.45, 7) is 1.98. The van der Waals surface area contributed by atoms with Crippen LogP contribution in [0.4, 0.5) is 0 Å². The fourth-order valence-electron chi connectivity index (χ4n) is 1.16. The zero-order valence-electron chi connectivity index (χ0n) is 7.17. The van der Waals surface area contributed by atoms with Gasteiger partial charge in [-0.25, -0.2) is 0 Å². The van der Waals surface area contributed by atoms with Crippen LogP contribution >= 0.6 is 22.9 Å². The van der Waals surface area contributed by atoms with Crippen molar-refractivity contribution in [2.75, 3.05) is 7.05 Å². The molecule has 1 rings (SSSR count). The molecule has 2 nitrogen and oxygen atoms in total. The van der Waals surface area contributed by atoms with Gasteiger partial charge in [0.05, 0.1) is 10.4 Å². The minimum atomic E-state index is 0.102. The third-order valence-corrected chi connectivity index (χ3v) is 3.05. The molecule has 0 amide bonds. The first-order chi connectivity index (χ1) is 5.65. The van der Waals surface area contributed by atoms with Crippen LogP contribution in [0.25, 0.3) is 0 Å². The summed E-state index contributed by atoms with van der Waals surface area (Å²) in [6.07, 6.45) is 0. The zero-order chi connectivity index (χ0) is 9.14. The Morgan fingerprint density at radius 1 is 1.58 bits per heavy atom. The maximum atomic E-state index is 5.82. The number of nitrogens with one attached hydrogen (secondary N) is 1. The van der Waals surface area contributed by atoms with Crippen molar-refractivity contribution in [3.63, 3.8) is 0 Å². The second-order valence-corrected chi connectivity index (χ2v) is 4.51. The first kappa shape index (κ1) is 9.99. The van der Waals surface area contributed by atoms with Gasteiger partial charge in [0.2, 0.25) is 0 Å². The number of halogens is 1. The van der Waals surface area contributed by atoms with E-state index in [2.05, 4.69) is 5.32 Å². The summed E-state index contributed by atoms with van der Waals surface area (Å²) in [6, 6.07) is 4.22. The fourth-order valence-corrected chi connectivity index (χ4v) is 2.45. The molecule has 0 aliphatic carbocycles. The first-order valence-corrected chi connectivity index (χ1v) is 5.02. The zero-order valence-corrected chi connectivity index (χ0v) is 8.75. The van der Waals surface area contributed by atoms with Crippen molar-refractivity contribution in [2.45, 2.75) is 19.0 Å². The van der Waals surface area contributed by atoms with Crippen molar-refractivity contribution in [3.8, 4) is 0 Å². The van der Waals surface area contributed by atoms with Crippen LogP contribution in [0.1, 0.15) is 17.8 Å². The summed E-state index contributed by atoms with van der Waals surface area (Å²) in [5.41, 5.74) is 5.79. The highest BCUT2D eigenvalue weighted by Gasteiger charge is 2.15. The second kappa shape index (κ2) is 4.23. The van der Waals surface area contributed by atoms with Gasteiger partial charge in [-0.1, -0.05) is 11.6 Å². The normalized spacial score (nSPS) is 16.0. The third kappa shape index (κ3) is 2.20. The van der Waals surface area contributed by atoms with Gasteiger partial charge in [0, 0.05) is 10.9 Å². The standard InChI is InChI=1S/C8H13ClN2S/c1-5(10)8(11-2)6-3-4-7(9)12-6/h3-5,8,11H,10H2,1-2H3. The smallest absolute Gasteiger partial charge is 0.0931 e. The van der Waals surface area contributed by atoms with Crippen LogP contribution in [-0.4, -0.2) is 13.1 Å². The Morgan fingerprint density at radius 2 is 2.25 bits per heavy atom. The van der Waals surface area contributed by atoms with Gasteiger partial charge in [-0.3, -0.25) is 0 Å². The molecule has 2 unspecified atom stereocenters. The quantitative estimate of drug-likeness (QED) is 0.791. The van der Waals surface area contributed by atoms with Crippen molar-refractivity contribution in [3.05, 3.63) is 21.3 Å². The highest BCUT2D eigenvalue weighted by atomic mass is 35.5. The minimum Gasteiger partial charge on any atom is -0.326 e. The Kier molecular flexibility index (Phi) is 3.53. The van der Waals surface area contributed by atoms with Gasteiger partial charge in [0.1, 0.15) is 0 Å². The Labute approximate surface area is 81.7 Å². The van der Waals surface area contributed by atoms with Gasteiger partial charge in [0.15, 0.2) is 0 Å². The minimum absolute atomic E-state index is 0.102. The molecule has 0 bridgehead atoms. The highest BCUT2D eigenvalue weighted by molar-refractivity contribution is 7.16. The molecule has 0 aliphatic heterocycles. The topological polar surface area (TPSA) is 38.0 Å². The van der Waals surface area contributed by atoms with Crippen molar-refractivity contribution in [1.82, 2.24) is 5.32 Å². The van der Waals surface area contributed by atoms with E-state index < -0.39 is 0 Å². The molecule has 0 spiro atoms. The summed E-state index contributed by atoms with van der Waals surface area (Å²) in [5.74, 6) is 0. The molecule has 0 fully saturated rings. The van der Waals surface area contributed by atoms with Gasteiger partial charge in [-0.05, 0) is 26.1 Å². The van der Waals surface area contributed by atoms with Crippen LogP contribution in [0.2, 0.25) is 4.34 Å². The molecule has 0 aliphatic rings. The van der Waals surface area contributed by atoms with E-state index in [4.69, 9.17) is 17.3 Å². The predicted octanol–water partition coefficient (Wildman–Crippen LogP) is 2.01. The van der Waals surface area contributed by atoms with Gasteiger partial charge >= 0.3 is 0 Å². The predicted molar refractivity (Wildman–Crippen MR) is 54.8 cm³/mol. The van der Waals surface area contributed by atoms with Crippen LogP contribution in [0.3, 0.4) is 0 Å². The lowest BCUT2D eigenvalue weighted by Gasteiger charge is -2.17. The van der Waals surface area contributed by atoms with Crippen LogP contribution in [0, 0.1) is 0 Å². The first-order valence-electron chi connectivity index (χ1n) is 3.83. The number of rotatable bonds is 3. The van der Waals surface area contributed by atoms with Gasteiger partial charge < -0.3 is 11.1 Å². The lowest BCUT2D eigenvalue weighted by atomic mass is 10.1. The molecular weight excluding hydrogens is 192 g/mol. The molecule has 1 heterocycles. The van der Waals surface area contributed by atoms with Gasteiger partial charge in [-0.2, -0.15) is 0 Å². The molecule has 1 aromatic heterocycles. The maximum Gasteiger partial charge on any atom is 0.0931 e. The van der Waals surface area contributed by atoms with Crippen molar-refractivity contribution >= 4 is 22.9 Å². The number of likely N-dealkylation sites (N-methyl/N-ethyl adjacent to an activating group) is 1. The number of thiophene rings is 1. The average Bonchev–Trinajstić information content (AvgIpc) is 2.37. The molecule has 0 saturated heterocycles. The van der Waals surface area contributed by atoms with E-state index in [1.54, 1.807) is 11.3 Å². The van der Waals surface area contributed by atoms with Crippen LogP contribution in [0.15, 0.2) is 12.1 Å². The molecule has 2 atom stereocenters. The van der Waals surface area contributed by atoms with Crippen LogP contribution in [0.5, 0.6) is 0 Å². The summed E-state index contributed by atoms with van der Waals surface area (Å²) in [5, 5.41) is 3.16. The SMILES string of the molecule is CNC(c1ccc(Cl)s1)C(C)N. The largest absolute Gasteiger partial charge is 0.326 e. The third-order valence-electron chi connectivity index (χ3n) is 1.74. The molecule has 0 saturated carbocycles. The second-order valence-electron chi connectivity index (χ2n) is 2.77. The van der Waals surface area contributed by atoms with E-state index in [9.17, 15) is 0 Å². The number of nitrogens with two attached hydrogens (primary N) is 1. The van der Waals surface area contributed by atoms with E-state index in [0.717, 1.165) is 4.34 Å². The maximum absolute atomic E-state index is 5.82. The Balaban J connectivity index is 2.80. The van der Waals surface area contributed by atoms with Crippen molar-refractivity contribution in [1.29, 1.82) is 0 Å². The molecule has 0 aromatic carbocycles. The summed E-state index contributed by atoms with van der Waals surface area (Å²) >= 11 is 7.39. The van der Waals surface area contributed by atoms with Crippen LogP contribution in [-0.2, 0) is 0 Å². The van der Waals surface area contributed by atoms with E-state index in [-0.39, 0.29) is 12.1 Å². The molecule has 68 valence electrons.